The summed E-state index contributed by atoms with van der Waals surface area (Å²) in [6.07, 6.45) is 1.07. The van der Waals surface area contributed by atoms with Crippen molar-refractivity contribution in [3.63, 3.8) is 0 Å². The third-order valence-electron chi connectivity index (χ3n) is 6.26. The molecule has 180 valence electrons. The van der Waals surface area contributed by atoms with E-state index in [9.17, 15) is 18.8 Å². The Bertz CT molecular complexity index is 1310. The Morgan fingerprint density at radius 3 is 2.46 bits per heavy atom. The molecule has 1 aliphatic heterocycles. The van der Waals surface area contributed by atoms with Gasteiger partial charge in [0.15, 0.2) is 11.6 Å². The second-order valence-electron chi connectivity index (χ2n) is 8.41. The molecule has 3 aromatic rings. The predicted molar refractivity (Wildman–Crippen MR) is 129 cm³/mol. The van der Waals surface area contributed by atoms with Crippen LogP contribution in [0.15, 0.2) is 48.5 Å². The fourth-order valence-corrected chi connectivity index (χ4v) is 4.50. The van der Waals surface area contributed by atoms with Gasteiger partial charge in [-0.2, -0.15) is 5.26 Å². The van der Waals surface area contributed by atoms with Crippen LogP contribution in [-0.2, 0) is 0 Å². The number of piperidine rings is 1. The van der Waals surface area contributed by atoms with Gasteiger partial charge in [0.05, 0.1) is 24.3 Å². The SMILES string of the molecule is COc1c(C(N)=O)ccc(-c2cc(C#N)ccc2N2CCC(Oc3ccc(F)cc3F)CC2)c1C. The number of rotatable bonds is 6. The minimum atomic E-state index is -0.717. The number of methoxy groups -OCH3 is 1. The predicted octanol–water partition coefficient (Wildman–Crippen LogP) is 4.97. The molecule has 0 atom stereocenters. The number of nitrogens with zero attached hydrogens (tertiary/aromatic N) is 2. The van der Waals surface area contributed by atoms with E-state index in [0.29, 0.717) is 37.2 Å². The van der Waals surface area contributed by atoms with Gasteiger partial charge < -0.3 is 20.1 Å². The summed E-state index contributed by atoms with van der Waals surface area (Å²) in [6, 6.07) is 14.4. The molecule has 6 nitrogen and oxygen atoms in total. The number of benzene rings is 3. The molecule has 0 bridgehead atoms. The third kappa shape index (κ3) is 4.90. The molecule has 1 aliphatic rings. The van der Waals surface area contributed by atoms with Gasteiger partial charge in [-0.05, 0) is 54.4 Å². The maximum Gasteiger partial charge on any atom is 0.252 e. The van der Waals surface area contributed by atoms with Crippen molar-refractivity contribution in [2.24, 2.45) is 5.73 Å². The Morgan fingerprint density at radius 1 is 1.09 bits per heavy atom. The highest BCUT2D eigenvalue weighted by molar-refractivity contribution is 5.98. The Labute approximate surface area is 202 Å². The average Bonchev–Trinajstić information content (AvgIpc) is 2.85. The van der Waals surface area contributed by atoms with E-state index >= 15 is 0 Å². The van der Waals surface area contributed by atoms with Crippen LogP contribution in [0.1, 0.15) is 34.3 Å². The van der Waals surface area contributed by atoms with Gasteiger partial charge in [-0.3, -0.25) is 4.79 Å². The van der Waals surface area contributed by atoms with E-state index in [-0.39, 0.29) is 17.4 Å². The number of amides is 1. The highest BCUT2D eigenvalue weighted by Crippen LogP contribution is 2.39. The van der Waals surface area contributed by atoms with Gasteiger partial charge in [0.2, 0.25) is 0 Å². The van der Waals surface area contributed by atoms with E-state index in [1.807, 2.05) is 25.1 Å². The second-order valence-corrected chi connectivity index (χ2v) is 8.41. The molecule has 1 fully saturated rings. The lowest BCUT2D eigenvalue weighted by molar-refractivity contribution is 0.0997. The van der Waals surface area contributed by atoms with Crippen LogP contribution in [0.25, 0.3) is 11.1 Å². The van der Waals surface area contributed by atoms with E-state index in [1.165, 1.54) is 19.2 Å². The summed E-state index contributed by atoms with van der Waals surface area (Å²) < 4.78 is 38.4. The van der Waals surface area contributed by atoms with Crippen molar-refractivity contribution in [1.29, 1.82) is 5.26 Å². The molecule has 0 saturated carbocycles. The summed E-state index contributed by atoms with van der Waals surface area (Å²) in [7, 11) is 1.49. The fourth-order valence-electron chi connectivity index (χ4n) is 4.50. The van der Waals surface area contributed by atoms with Crippen LogP contribution in [0.2, 0.25) is 0 Å². The summed E-state index contributed by atoms with van der Waals surface area (Å²) in [5.74, 6) is -1.50. The van der Waals surface area contributed by atoms with E-state index in [4.69, 9.17) is 15.2 Å². The van der Waals surface area contributed by atoms with Crippen molar-refractivity contribution in [3.8, 4) is 28.7 Å². The highest BCUT2D eigenvalue weighted by Gasteiger charge is 2.25. The number of nitrogens with two attached hydrogens (primary N) is 1. The van der Waals surface area contributed by atoms with Gasteiger partial charge in [-0.25, -0.2) is 8.78 Å². The van der Waals surface area contributed by atoms with Crippen molar-refractivity contribution in [2.45, 2.75) is 25.9 Å². The molecule has 0 aromatic heterocycles. The first-order valence-electron chi connectivity index (χ1n) is 11.2. The standard InChI is InChI=1S/C27H25F2N3O3/c1-16-20(5-6-21(27(31)33)26(16)34-2)22-13-17(15-30)3-7-24(22)32-11-9-19(10-12-32)35-25-8-4-18(28)14-23(25)29/h3-8,13-14,19H,9-12H2,1-2H3,(H2,31,33). The molecule has 1 heterocycles. The van der Waals surface area contributed by atoms with Crippen molar-refractivity contribution in [2.75, 3.05) is 25.1 Å². The van der Waals surface area contributed by atoms with Gasteiger partial charge in [-0.1, -0.05) is 6.07 Å². The molecular formula is C27H25F2N3O3. The third-order valence-corrected chi connectivity index (χ3v) is 6.26. The van der Waals surface area contributed by atoms with Crippen LogP contribution >= 0.6 is 0 Å². The number of primary amides is 1. The lowest BCUT2D eigenvalue weighted by Crippen LogP contribution is -2.38. The summed E-state index contributed by atoms with van der Waals surface area (Å²) in [6.45, 7) is 3.13. The summed E-state index contributed by atoms with van der Waals surface area (Å²) in [5.41, 5.74) is 9.62. The molecule has 0 spiro atoms. The molecule has 1 amide bonds. The van der Waals surface area contributed by atoms with Crippen LogP contribution in [0, 0.1) is 29.9 Å². The highest BCUT2D eigenvalue weighted by atomic mass is 19.1. The molecule has 2 N–H and O–H groups in total. The van der Waals surface area contributed by atoms with Crippen molar-refractivity contribution in [3.05, 3.63) is 76.9 Å². The Balaban J connectivity index is 1.62. The van der Waals surface area contributed by atoms with Crippen LogP contribution < -0.4 is 20.1 Å². The van der Waals surface area contributed by atoms with Gasteiger partial charge in [0.25, 0.3) is 5.91 Å². The number of ether oxygens (including phenoxy) is 2. The lowest BCUT2D eigenvalue weighted by atomic mass is 9.93. The Kier molecular flexibility index (Phi) is 6.87. The first-order chi connectivity index (χ1) is 16.8. The molecule has 8 heteroatoms. The second kappa shape index (κ2) is 10.0. The van der Waals surface area contributed by atoms with E-state index in [2.05, 4.69) is 11.0 Å². The summed E-state index contributed by atoms with van der Waals surface area (Å²) >= 11 is 0. The molecule has 0 radical (unpaired) electrons. The molecule has 1 saturated heterocycles. The molecule has 35 heavy (non-hydrogen) atoms. The fraction of sp³-hybridized carbons (Fsp3) is 0.259. The molecule has 0 aliphatic carbocycles. The van der Waals surface area contributed by atoms with E-state index in [0.717, 1.165) is 28.4 Å². The van der Waals surface area contributed by atoms with Gasteiger partial charge in [0.1, 0.15) is 17.7 Å². The first kappa shape index (κ1) is 24.0. The van der Waals surface area contributed by atoms with Crippen LogP contribution in [0.5, 0.6) is 11.5 Å². The average molecular weight is 478 g/mol. The zero-order chi connectivity index (χ0) is 25.1. The number of carbonyl (C=O) groups is 1. The van der Waals surface area contributed by atoms with E-state index < -0.39 is 17.5 Å². The van der Waals surface area contributed by atoms with Crippen molar-refractivity contribution in [1.82, 2.24) is 0 Å². The number of anilines is 1. The molecular weight excluding hydrogens is 452 g/mol. The van der Waals surface area contributed by atoms with Gasteiger partial charge in [-0.15, -0.1) is 0 Å². The maximum atomic E-state index is 14.0. The molecule has 4 rings (SSSR count). The van der Waals surface area contributed by atoms with Gasteiger partial charge >= 0.3 is 0 Å². The minimum Gasteiger partial charge on any atom is -0.496 e. The largest absolute Gasteiger partial charge is 0.496 e. The quantitative estimate of drug-likeness (QED) is 0.542. The molecule has 0 unspecified atom stereocenters. The lowest BCUT2D eigenvalue weighted by Gasteiger charge is -2.35. The number of nitriles is 1. The maximum absolute atomic E-state index is 14.0. The number of halogens is 2. The zero-order valence-corrected chi connectivity index (χ0v) is 19.5. The minimum absolute atomic E-state index is 0.0428. The van der Waals surface area contributed by atoms with Crippen LogP contribution in [-0.4, -0.2) is 32.2 Å². The zero-order valence-electron chi connectivity index (χ0n) is 19.5. The summed E-state index contributed by atoms with van der Waals surface area (Å²) in [5, 5.41) is 9.49. The number of carbonyl (C=O) groups excluding carboxylic acids is 1. The number of hydrogen-bond acceptors (Lipinski definition) is 5. The molecule has 3 aromatic carbocycles. The Morgan fingerprint density at radius 2 is 1.83 bits per heavy atom. The first-order valence-corrected chi connectivity index (χ1v) is 11.2. The normalized spacial score (nSPS) is 13.9. The summed E-state index contributed by atoms with van der Waals surface area (Å²) in [4.78, 5) is 14.0. The van der Waals surface area contributed by atoms with Crippen molar-refractivity contribution >= 4 is 11.6 Å². The van der Waals surface area contributed by atoms with E-state index in [1.54, 1.807) is 12.1 Å². The van der Waals surface area contributed by atoms with Crippen LogP contribution in [0.3, 0.4) is 0 Å². The topological polar surface area (TPSA) is 88.6 Å². The van der Waals surface area contributed by atoms with Gasteiger partial charge in [0, 0.05) is 43.2 Å². The smallest absolute Gasteiger partial charge is 0.252 e. The monoisotopic (exact) mass is 477 g/mol. The number of hydrogen-bond donors (Lipinski definition) is 1. The van der Waals surface area contributed by atoms with Crippen molar-refractivity contribution < 1.29 is 23.0 Å². The van der Waals surface area contributed by atoms with Crippen LogP contribution in [0.4, 0.5) is 14.5 Å². The Hall–Kier alpha value is -4.12.